The number of nitrogens with two attached hydrogens (primary N) is 1. The van der Waals surface area contributed by atoms with Crippen LogP contribution in [-0.2, 0) is 20.3 Å². The van der Waals surface area contributed by atoms with E-state index in [1.165, 1.54) is 6.07 Å². The number of carbonyl (C=O) groups is 2. The third kappa shape index (κ3) is 3.08. The molecule has 2 saturated heterocycles. The standard InChI is InChI=1S/C15H17FN2O4S/c16-12-7-10(18-13(14(17)19)8-22-15(18)20)1-2-11(12)9-3-5-23(21)6-4-9/h1-2,7,9,13H,3-6,8H2,(H2,17,19). The summed E-state index contributed by atoms with van der Waals surface area (Å²) in [6, 6.07) is 3.51. The zero-order valence-corrected chi connectivity index (χ0v) is 13.2. The number of ether oxygens (including phenoxy) is 1. The molecule has 2 heterocycles. The number of primary amides is 1. The topological polar surface area (TPSA) is 89.7 Å². The lowest BCUT2D eigenvalue weighted by Crippen LogP contribution is -2.43. The van der Waals surface area contributed by atoms with Crippen molar-refractivity contribution >= 4 is 28.5 Å². The van der Waals surface area contributed by atoms with Gasteiger partial charge in [-0.1, -0.05) is 6.07 Å². The Morgan fingerprint density at radius 3 is 2.65 bits per heavy atom. The van der Waals surface area contributed by atoms with Crippen LogP contribution in [0.15, 0.2) is 18.2 Å². The Balaban J connectivity index is 1.85. The third-order valence-corrected chi connectivity index (χ3v) is 5.67. The van der Waals surface area contributed by atoms with Crippen molar-refractivity contribution in [3.8, 4) is 0 Å². The van der Waals surface area contributed by atoms with E-state index < -0.39 is 34.7 Å². The van der Waals surface area contributed by atoms with Crippen molar-refractivity contribution in [2.45, 2.75) is 24.8 Å². The summed E-state index contributed by atoms with van der Waals surface area (Å²) in [6.07, 6.45) is 0.644. The highest BCUT2D eigenvalue weighted by Crippen LogP contribution is 2.33. The Bertz CT molecular complexity index is 671. The molecule has 0 aliphatic carbocycles. The lowest BCUT2D eigenvalue weighted by molar-refractivity contribution is -0.119. The number of cyclic esters (lactones) is 1. The normalized spacial score (nSPS) is 27.8. The predicted molar refractivity (Wildman–Crippen MR) is 83.1 cm³/mol. The molecule has 3 rings (SSSR count). The van der Waals surface area contributed by atoms with Crippen LogP contribution in [0.3, 0.4) is 0 Å². The molecule has 2 aliphatic heterocycles. The molecule has 2 amide bonds. The van der Waals surface area contributed by atoms with E-state index in [0.29, 0.717) is 29.9 Å². The maximum absolute atomic E-state index is 14.5. The van der Waals surface area contributed by atoms with Gasteiger partial charge in [-0.25, -0.2) is 9.18 Å². The van der Waals surface area contributed by atoms with E-state index in [1.807, 2.05) is 0 Å². The van der Waals surface area contributed by atoms with Crippen molar-refractivity contribution in [2.24, 2.45) is 5.73 Å². The van der Waals surface area contributed by atoms with E-state index >= 15 is 0 Å². The maximum atomic E-state index is 14.5. The van der Waals surface area contributed by atoms with Crippen molar-refractivity contribution in [3.05, 3.63) is 29.6 Å². The van der Waals surface area contributed by atoms with E-state index in [-0.39, 0.29) is 18.2 Å². The fraction of sp³-hybridized carbons (Fsp3) is 0.467. The summed E-state index contributed by atoms with van der Waals surface area (Å²) in [7, 11) is -0.806. The smallest absolute Gasteiger partial charge is 0.415 e. The highest BCUT2D eigenvalue weighted by molar-refractivity contribution is 7.85. The van der Waals surface area contributed by atoms with Crippen LogP contribution in [0.4, 0.5) is 14.9 Å². The minimum absolute atomic E-state index is 0.0271. The summed E-state index contributed by atoms with van der Waals surface area (Å²) < 4.78 is 30.7. The molecule has 124 valence electrons. The average molecular weight is 340 g/mol. The minimum atomic E-state index is -0.926. The van der Waals surface area contributed by atoms with Crippen molar-refractivity contribution in [3.63, 3.8) is 0 Å². The first-order valence-electron chi connectivity index (χ1n) is 7.37. The fourth-order valence-corrected chi connectivity index (χ4v) is 4.32. The van der Waals surface area contributed by atoms with Gasteiger partial charge in [0.25, 0.3) is 0 Å². The summed E-state index contributed by atoms with van der Waals surface area (Å²) in [5.41, 5.74) is 6.05. The summed E-state index contributed by atoms with van der Waals surface area (Å²) in [6.45, 7) is -0.133. The van der Waals surface area contributed by atoms with E-state index in [4.69, 9.17) is 10.5 Å². The monoisotopic (exact) mass is 340 g/mol. The first kappa shape index (κ1) is 15.9. The average Bonchev–Trinajstić information content (AvgIpc) is 2.90. The number of carbonyl (C=O) groups excluding carboxylic acids is 2. The Morgan fingerprint density at radius 1 is 1.35 bits per heavy atom. The third-order valence-electron chi connectivity index (χ3n) is 4.29. The number of benzene rings is 1. The number of hydrogen-bond acceptors (Lipinski definition) is 4. The number of anilines is 1. The predicted octanol–water partition coefficient (Wildman–Crippen LogP) is 1.26. The van der Waals surface area contributed by atoms with Crippen LogP contribution < -0.4 is 10.6 Å². The number of rotatable bonds is 3. The second-order valence-electron chi connectivity index (χ2n) is 5.69. The number of halogens is 1. The zero-order chi connectivity index (χ0) is 16.6. The molecule has 0 spiro atoms. The molecule has 1 aromatic rings. The second-order valence-corrected chi connectivity index (χ2v) is 7.39. The van der Waals surface area contributed by atoms with Crippen LogP contribution in [-0.4, -0.2) is 40.4 Å². The molecule has 6 nitrogen and oxygen atoms in total. The van der Waals surface area contributed by atoms with Crippen LogP contribution in [0.25, 0.3) is 0 Å². The Labute approximate surface area is 135 Å². The van der Waals surface area contributed by atoms with Gasteiger partial charge in [-0.3, -0.25) is 13.9 Å². The summed E-state index contributed by atoms with van der Waals surface area (Å²) in [4.78, 5) is 24.2. The number of hydrogen-bond donors (Lipinski definition) is 1. The first-order valence-corrected chi connectivity index (χ1v) is 8.86. The lowest BCUT2D eigenvalue weighted by atomic mass is 9.92. The fourth-order valence-electron chi connectivity index (χ4n) is 3.02. The van der Waals surface area contributed by atoms with Crippen molar-refractivity contribution in [1.29, 1.82) is 0 Å². The Hall–Kier alpha value is -1.96. The quantitative estimate of drug-likeness (QED) is 0.897. The summed E-state index contributed by atoms with van der Waals surface area (Å²) >= 11 is 0. The van der Waals surface area contributed by atoms with Gasteiger partial charge in [0.05, 0.1) is 5.69 Å². The summed E-state index contributed by atoms with van der Waals surface area (Å²) in [5, 5.41) is 0. The molecule has 0 bridgehead atoms. The van der Waals surface area contributed by atoms with Crippen LogP contribution in [0.1, 0.15) is 24.3 Å². The van der Waals surface area contributed by atoms with Gasteiger partial charge in [0.1, 0.15) is 12.4 Å². The highest BCUT2D eigenvalue weighted by atomic mass is 32.2. The molecule has 23 heavy (non-hydrogen) atoms. The lowest BCUT2D eigenvalue weighted by Gasteiger charge is -2.24. The molecule has 2 N–H and O–H groups in total. The molecule has 1 atom stereocenters. The SMILES string of the molecule is NC(=O)C1COC(=O)N1c1ccc(C2CCS(=O)CC2)c(F)c1. The van der Waals surface area contributed by atoms with Crippen LogP contribution in [0, 0.1) is 5.82 Å². The Morgan fingerprint density at radius 2 is 2.04 bits per heavy atom. The van der Waals surface area contributed by atoms with Gasteiger partial charge in [0.15, 0.2) is 6.04 Å². The van der Waals surface area contributed by atoms with E-state index in [2.05, 4.69) is 0 Å². The van der Waals surface area contributed by atoms with E-state index in [1.54, 1.807) is 12.1 Å². The first-order chi connectivity index (χ1) is 11.0. The van der Waals surface area contributed by atoms with Crippen LogP contribution >= 0.6 is 0 Å². The molecule has 0 saturated carbocycles. The molecule has 0 radical (unpaired) electrons. The molecular weight excluding hydrogens is 323 g/mol. The van der Waals surface area contributed by atoms with E-state index in [0.717, 1.165) is 4.90 Å². The minimum Gasteiger partial charge on any atom is -0.446 e. The maximum Gasteiger partial charge on any atom is 0.415 e. The van der Waals surface area contributed by atoms with Crippen LogP contribution in [0.2, 0.25) is 0 Å². The highest BCUT2D eigenvalue weighted by Gasteiger charge is 2.38. The zero-order valence-electron chi connectivity index (χ0n) is 12.4. The summed E-state index contributed by atoms with van der Waals surface area (Å²) in [5.74, 6) is 0.0414. The van der Waals surface area contributed by atoms with Gasteiger partial charge in [0.2, 0.25) is 5.91 Å². The molecular formula is C15H17FN2O4S. The molecule has 1 aromatic carbocycles. The van der Waals surface area contributed by atoms with Gasteiger partial charge in [-0.05, 0) is 36.5 Å². The van der Waals surface area contributed by atoms with Gasteiger partial charge < -0.3 is 10.5 Å². The van der Waals surface area contributed by atoms with Crippen LogP contribution in [0.5, 0.6) is 0 Å². The molecule has 2 fully saturated rings. The van der Waals surface area contributed by atoms with Crippen molar-refractivity contribution < 1.29 is 22.9 Å². The Kier molecular flexibility index (Phi) is 4.34. The van der Waals surface area contributed by atoms with Gasteiger partial charge in [-0.2, -0.15) is 0 Å². The molecule has 0 aromatic heterocycles. The number of nitrogens with zero attached hydrogens (tertiary/aromatic N) is 1. The van der Waals surface area contributed by atoms with Gasteiger partial charge in [0, 0.05) is 22.3 Å². The molecule has 1 unspecified atom stereocenters. The van der Waals surface area contributed by atoms with E-state index in [9.17, 15) is 18.2 Å². The van der Waals surface area contributed by atoms with Gasteiger partial charge in [-0.15, -0.1) is 0 Å². The van der Waals surface area contributed by atoms with Crippen molar-refractivity contribution in [2.75, 3.05) is 23.0 Å². The largest absolute Gasteiger partial charge is 0.446 e. The second kappa shape index (κ2) is 6.27. The van der Waals surface area contributed by atoms with Crippen molar-refractivity contribution in [1.82, 2.24) is 0 Å². The molecule has 8 heteroatoms. The number of amides is 2. The molecule has 2 aliphatic rings. The van der Waals surface area contributed by atoms with Gasteiger partial charge >= 0.3 is 6.09 Å².